The van der Waals surface area contributed by atoms with Gasteiger partial charge in [-0.2, -0.15) is 5.26 Å². The Morgan fingerprint density at radius 2 is 1.90 bits per heavy atom. The van der Waals surface area contributed by atoms with E-state index in [0.717, 1.165) is 0 Å². The van der Waals surface area contributed by atoms with E-state index in [1.54, 1.807) is 42.5 Å². The molecule has 1 aliphatic carbocycles. The highest BCUT2D eigenvalue weighted by molar-refractivity contribution is 6.42. The topological polar surface area (TPSA) is 59.3 Å². The molecule has 1 aliphatic rings. The van der Waals surface area contributed by atoms with Gasteiger partial charge in [0.05, 0.1) is 4.87 Å². The Balaban J connectivity index is 1.74. The number of carbonyl (C=O) groups excluding carboxylic acids is 1. The van der Waals surface area contributed by atoms with Gasteiger partial charge in [0.1, 0.15) is 40.5 Å². The van der Waals surface area contributed by atoms with Gasteiger partial charge >= 0.3 is 5.97 Å². The highest BCUT2D eigenvalue weighted by Gasteiger charge is 2.81. The number of ether oxygens (including phenoxy) is 2. The van der Waals surface area contributed by atoms with E-state index in [0.29, 0.717) is 16.3 Å². The number of carbonyl (C=O) groups is 1. The summed E-state index contributed by atoms with van der Waals surface area (Å²) >= 11 is 17.6. The van der Waals surface area contributed by atoms with Gasteiger partial charge in [-0.3, -0.25) is 4.79 Å². The second-order valence-corrected chi connectivity index (χ2v) is 8.49. The lowest BCUT2D eigenvalue weighted by Gasteiger charge is -2.12. The summed E-state index contributed by atoms with van der Waals surface area (Å²) in [7, 11) is 0. The summed E-state index contributed by atoms with van der Waals surface area (Å²) in [5.41, 5.74) is 0.493. The van der Waals surface area contributed by atoms with Gasteiger partial charge in [-0.05, 0) is 37.3 Å². The van der Waals surface area contributed by atoms with Gasteiger partial charge in [-0.25, -0.2) is 8.78 Å². The van der Waals surface area contributed by atoms with Crippen LogP contribution >= 0.6 is 34.8 Å². The van der Waals surface area contributed by atoms with Crippen LogP contribution in [0.2, 0.25) is 5.02 Å². The van der Waals surface area contributed by atoms with Gasteiger partial charge in [-0.15, -0.1) is 23.2 Å². The number of esters is 1. The maximum Gasteiger partial charge on any atom is 0.313 e. The Bertz CT molecular complexity index is 976. The molecule has 1 saturated carbocycles. The van der Waals surface area contributed by atoms with Crippen LogP contribution in [0.1, 0.15) is 18.1 Å². The molecule has 0 bridgehead atoms. The first-order valence-corrected chi connectivity index (χ1v) is 9.54. The molecule has 0 spiro atoms. The Morgan fingerprint density at radius 1 is 1.24 bits per heavy atom. The molecule has 1 fully saturated rings. The lowest BCUT2D eigenvalue weighted by atomic mass is 10.1. The summed E-state index contributed by atoms with van der Waals surface area (Å²) in [4.78, 5) is 8.48. The minimum atomic E-state index is -2.99. The molecule has 0 amide bonds. The smallest absolute Gasteiger partial charge is 0.313 e. The Labute approximate surface area is 180 Å². The Morgan fingerprint density at radius 3 is 2.45 bits per heavy atom. The SMILES string of the molecule is CC1(Cl)C(C(=O)OCc2cccc(Oc3ccc(Cl)cc3)c2C#N)C1(Cl)C(F)F. The molecule has 29 heavy (non-hydrogen) atoms. The van der Waals surface area contributed by atoms with Crippen molar-refractivity contribution < 1.29 is 23.0 Å². The third-order valence-corrected chi connectivity index (χ3v) is 6.47. The zero-order valence-corrected chi connectivity index (χ0v) is 17.2. The fraction of sp³-hybridized carbons (Fsp3) is 0.300. The number of alkyl halides is 4. The monoisotopic (exact) mass is 459 g/mol. The summed E-state index contributed by atoms with van der Waals surface area (Å²) in [5.74, 6) is -1.61. The molecule has 0 aliphatic heterocycles. The summed E-state index contributed by atoms with van der Waals surface area (Å²) in [6.45, 7) is 0.945. The third-order valence-electron chi connectivity index (χ3n) is 4.82. The van der Waals surface area contributed by atoms with Gasteiger partial charge in [0.2, 0.25) is 0 Å². The van der Waals surface area contributed by atoms with Crippen molar-refractivity contribution in [3.63, 3.8) is 0 Å². The average Bonchev–Trinajstić information content (AvgIpc) is 3.15. The van der Waals surface area contributed by atoms with Crippen LogP contribution in [0.4, 0.5) is 8.78 Å². The fourth-order valence-corrected chi connectivity index (χ4v) is 4.01. The lowest BCUT2D eigenvalue weighted by molar-refractivity contribution is -0.147. The van der Waals surface area contributed by atoms with Gasteiger partial charge in [0, 0.05) is 10.6 Å². The van der Waals surface area contributed by atoms with E-state index >= 15 is 0 Å². The number of rotatable bonds is 6. The van der Waals surface area contributed by atoms with Crippen molar-refractivity contribution in [3.8, 4) is 17.6 Å². The van der Waals surface area contributed by atoms with Crippen LogP contribution in [0.5, 0.6) is 11.5 Å². The van der Waals surface area contributed by atoms with Crippen molar-refractivity contribution in [2.75, 3.05) is 0 Å². The van der Waals surface area contributed by atoms with E-state index in [9.17, 15) is 18.8 Å². The predicted octanol–water partition coefficient (Wildman–Crippen LogP) is 5.92. The standard InChI is InChI=1S/C20H14Cl3F2NO3/c1-19(22)16(20(19,23)18(24)25)17(27)28-10-11-3-2-4-15(14(11)9-26)29-13-7-5-12(21)6-8-13/h2-8,16,18H,10H2,1H3. The molecule has 3 unspecified atom stereocenters. The molecule has 0 heterocycles. The summed E-state index contributed by atoms with van der Waals surface area (Å²) in [5, 5.41) is 10.0. The van der Waals surface area contributed by atoms with E-state index in [2.05, 4.69) is 0 Å². The first-order chi connectivity index (χ1) is 13.6. The number of halogens is 5. The molecule has 152 valence electrons. The first-order valence-electron chi connectivity index (χ1n) is 8.41. The number of nitriles is 1. The van der Waals surface area contributed by atoms with Crippen molar-refractivity contribution in [2.45, 2.75) is 29.7 Å². The molecule has 2 aromatic rings. The van der Waals surface area contributed by atoms with Crippen molar-refractivity contribution in [1.82, 2.24) is 0 Å². The zero-order valence-electron chi connectivity index (χ0n) is 15.0. The van der Waals surface area contributed by atoms with Gasteiger partial charge in [0.15, 0.2) is 0 Å². The third kappa shape index (κ3) is 3.87. The first kappa shape index (κ1) is 21.6. The predicted molar refractivity (Wildman–Crippen MR) is 105 cm³/mol. The van der Waals surface area contributed by atoms with Crippen LogP contribution < -0.4 is 4.74 Å². The van der Waals surface area contributed by atoms with E-state index in [1.165, 1.54) is 6.92 Å². The number of hydrogen-bond acceptors (Lipinski definition) is 4. The molecule has 0 radical (unpaired) electrons. The average molecular weight is 461 g/mol. The molecule has 9 heteroatoms. The minimum Gasteiger partial charge on any atom is -0.460 e. The normalized spacial score (nSPS) is 25.4. The summed E-state index contributed by atoms with van der Waals surface area (Å²) < 4.78 is 37.2. The molecule has 0 aromatic heterocycles. The highest BCUT2D eigenvalue weighted by Crippen LogP contribution is 2.66. The number of hydrogen-bond donors (Lipinski definition) is 0. The Kier molecular flexibility index (Phi) is 5.96. The van der Waals surface area contributed by atoms with Crippen LogP contribution in [0.15, 0.2) is 42.5 Å². The second kappa shape index (κ2) is 7.98. The van der Waals surface area contributed by atoms with E-state index in [4.69, 9.17) is 44.3 Å². The largest absolute Gasteiger partial charge is 0.460 e. The molecule has 3 atom stereocenters. The van der Waals surface area contributed by atoms with Crippen LogP contribution in [-0.2, 0) is 16.1 Å². The fourth-order valence-electron chi connectivity index (χ4n) is 3.07. The molecule has 4 nitrogen and oxygen atoms in total. The molecule has 3 rings (SSSR count). The van der Waals surface area contributed by atoms with Crippen LogP contribution in [0, 0.1) is 17.2 Å². The maximum absolute atomic E-state index is 13.2. The minimum absolute atomic E-state index is 0.144. The summed E-state index contributed by atoms with van der Waals surface area (Å²) in [6.07, 6.45) is -2.99. The van der Waals surface area contributed by atoms with Gasteiger partial charge in [-0.1, -0.05) is 23.7 Å². The van der Waals surface area contributed by atoms with Crippen LogP contribution in [0.3, 0.4) is 0 Å². The van der Waals surface area contributed by atoms with Crippen molar-refractivity contribution in [3.05, 3.63) is 58.6 Å². The van der Waals surface area contributed by atoms with Gasteiger partial charge < -0.3 is 9.47 Å². The molecule has 0 saturated heterocycles. The van der Waals surface area contributed by atoms with Crippen LogP contribution in [-0.4, -0.2) is 22.1 Å². The molecular formula is C20H14Cl3F2NO3. The lowest BCUT2D eigenvalue weighted by Crippen LogP contribution is -2.22. The highest BCUT2D eigenvalue weighted by atomic mass is 35.5. The van der Waals surface area contributed by atoms with Gasteiger partial charge in [0.25, 0.3) is 6.43 Å². The number of benzene rings is 2. The van der Waals surface area contributed by atoms with E-state index < -0.39 is 28.1 Å². The molecule has 0 N–H and O–H groups in total. The van der Waals surface area contributed by atoms with E-state index in [1.807, 2.05) is 6.07 Å². The zero-order chi connectivity index (χ0) is 21.4. The number of nitrogens with zero attached hydrogens (tertiary/aromatic N) is 1. The van der Waals surface area contributed by atoms with Crippen molar-refractivity contribution in [1.29, 1.82) is 5.26 Å². The molecular weight excluding hydrogens is 447 g/mol. The quantitative estimate of drug-likeness (QED) is 0.397. The second-order valence-electron chi connectivity index (χ2n) is 6.64. The summed E-state index contributed by atoms with van der Waals surface area (Å²) in [6, 6.07) is 13.3. The van der Waals surface area contributed by atoms with E-state index in [-0.39, 0.29) is 17.9 Å². The van der Waals surface area contributed by atoms with Crippen LogP contribution in [0.25, 0.3) is 0 Å². The Hall–Kier alpha value is -2.07. The maximum atomic E-state index is 13.2. The van der Waals surface area contributed by atoms with Crippen molar-refractivity contribution in [2.24, 2.45) is 5.92 Å². The molecule has 2 aromatic carbocycles. The van der Waals surface area contributed by atoms with Crippen molar-refractivity contribution >= 4 is 40.8 Å².